The maximum absolute atomic E-state index is 13.1. The van der Waals surface area contributed by atoms with Gasteiger partial charge in [-0.2, -0.15) is 0 Å². The second-order valence-electron chi connectivity index (χ2n) is 7.54. The van der Waals surface area contributed by atoms with E-state index >= 15 is 0 Å². The van der Waals surface area contributed by atoms with Gasteiger partial charge in [0, 0.05) is 24.9 Å². The summed E-state index contributed by atoms with van der Waals surface area (Å²) in [6.45, 7) is 4.09. The number of amides is 1. The van der Waals surface area contributed by atoms with Gasteiger partial charge in [0.15, 0.2) is 0 Å². The summed E-state index contributed by atoms with van der Waals surface area (Å²) >= 11 is 0. The molecule has 0 saturated carbocycles. The fourth-order valence-corrected chi connectivity index (χ4v) is 3.54. The van der Waals surface area contributed by atoms with E-state index in [0.717, 1.165) is 17.5 Å². The highest BCUT2D eigenvalue weighted by atomic mass is 16.7. The van der Waals surface area contributed by atoms with E-state index in [4.69, 9.17) is 19.7 Å². The molecule has 0 radical (unpaired) electrons. The summed E-state index contributed by atoms with van der Waals surface area (Å²) in [7, 11) is 1.56. The highest BCUT2D eigenvalue weighted by Crippen LogP contribution is 2.25. The van der Waals surface area contributed by atoms with Crippen LogP contribution in [0.4, 0.5) is 0 Å². The van der Waals surface area contributed by atoms with E-state index in [1.165, 1.54) is 6.08 Å². The fraction of sp³-hybridized carbons (Fsp3) is 0.478. The molecule has 31 heavy (non-hydrogen) atoms. The zero-order valence-electron chi connectivity index (χ0n) is 18.2. The lowest BCUT2D eigenvalue weighted by Crippen LogP contribution is -2.31. The van der Waals surface area contributed by atoms with E-state index in [1.54, 1.807) is 13.2 Å². The van der Waals surface area contributed by atoms with Gasteiger partial charge in [0.2, 0.25) is 5.91 Å². The molecule has 2 rings (SSSR count). The van der Waals surface area contributed by atoms with Crippen LogP contribution < -0.4 is 0 Å². The van der Waals surface area contributed by atoms with Crippen molar-refractivity contribution in [3.05, 3.63) is 69.6 Å². The summed E-state index contributed by atoms with van der Waals surface area (Å²) in [4.78, 5) is 27.0. The molecule has 0 aromatic heterocycles. The Morgan fingerprint density at radius 1 is 1.39 bits per heavy atom. The lowest BCUT2D eigenvalue weighted by molar-refractivity contribution is -0.113. The monoisotopic (exact) mass is 427 g/mol. The lowest BCUT2D eigenvalue weighted by atomic mass is 9.93. The van der Waals surface area contributed by atoms with E-state index in [9.17, 15) is 9.59 Å². The smallest absolute Gasteiger partial charge is 0.338 e. The molecule has 0 unspecified atom stereocenters. The molecule has 3 atom stereocenters. The number of hydrogen-bond acceptors (Lipinski definition) is 5. The van der Waals surface area contributed by atoms with Gasteiger partial charge in [-0.1, -0.05) is 43.4 Å². The van der Waals surface area contributed by atoms with Gasteiger partial charge in [-0.3, -0.25) is 4.79 Å². The molecule has 1 amide bonds. The van der Waals surface area contributed by atoms with Crippen molar-refractivity contribution in [2.24, 2.45) is 11.0 Å². The number of azide groups is 1. The highest BCUT2D eigenvalue weighted by molar-refractivity contribution is 5.93. The third kappa shape index (κ3) is 7.68. The quantitative estimate of drug-likeness (QED) is 0.123. The lowest BCUT2D eigenvalue weighted by Gasteiger charge is -2.28. The van der Waals surface area contributed by atoms with Crippen molar-refractivity contribution < 1.29 is 23.8 Å². The normalized spacial score (nSPS) is 23.1. The molecule has 0 aliphatic carbocycles. The first-order chi connectivity index (χ1) is 15.0. The maximum Gasteiger partial charge on any atom is 0.338 e. The third-order valence-corrected chi connectivity index (χ3v) is 5.18. The molecule has 0 saturated heterocycles. The summed E-state index contributed by atoms with van der Waals surface area (Å²) in [6, 6.07) is 5.75. The summed E-state index contributed by atoms with van der Waals surface area (Å²) in [5.74, 6) is -0.938. The highest BCUT2D eigenvalue weighted by Gasteiger charge is 2.26. The Bertz CT molecular complexity index is 874. The molecular formula is C23H29N3O5. The molecule has 0 spiro atoms. The van der Waals surface area contributed by atoms with Gasteiger partial charge in [0.25, 0.3) is 0 Å². The molecule has 1 aliphatic heterocycles. The topological polar surface area (TPSA) is 111 Å². The largest absolute Gasteiger partial charge is 0.458 e. The van der Waals surface area contributed by atoms with Crippen LogP contribution in [0.15, 0.2) is 47.6 Å². The van der Waals surface area contributed by atoms with Gasteiger partial charge < -0.3 is 14.2 Å². The van der Waals surface area contributed by atoms with Crippen LogP contribution in [0.1, 0.15) is 47.7 Å². The fourth-order valence-electron chi connectivity index (χ4n) is 3.54. The minimum Gasteiger partial charge on any atom is -0.458 e. The average molecular weight is 428 g/mol. The zero-order valence-corrected chi connectivity index (χ0v) is 18.2. The molecule has 0 fully saturated rings. The molecule has 166 valence electrons. The van der Waals surface area contributed by atoms with Gasteiger partial charge in [-0.25, -0.2) is 4.79 Å². The summed E-state index contributed by atoms with van der Waals surface area (Å²) < 4.78 is 16.8. The van der Waals surface area contributed by atoms with Crippen LogP contribution in [0.25, 0.3) is 10.4 Å². The van der Waals surface area contributed by atoms with E-state index in [1.807, 2.05) is 25.1 Å². The minimum atomic E-state index is -0.700. The second-order valence-corrected chi connectivity index (χ2v) is 7.54. The predicted molar refractivity (Wildman–Crippen MR) is 116 cm³/mol. The van der Waals surface area contributed by atoms with E-state index < -0.39 is 18.0 Å². The van der Waals surface area contributed by atoms with Crippen LogP contribution in [0.5, 0.6) is 0 Å². The molecule has 1 aromatic rings. The summed E-state index contributed by atoms with van der Waals surface area (Å²) in [5, 5.41) is 3.01. The Balaban J connectivity index is 2.33. The number of allylic oxidation sites excluding steroid dienone is 2. The Morgan fingerprint density at radius 3 is 2.94 bits per heavy atom. The number of carbonyl (C=O) groups excluding carboxylic acids is 2. The number of cyclic esters (lactones) is 1. The van der Waals surface area contributed by atoms with Crippen molar-refractivity contribution in [1.82, 2.24) is 0 Å². The average Bonchev–Trinajstić information content (AvgIpc) is 2.73. The predicted octanol–water partition coefficient (Wildman–Crippen LogP) is 4.82. The standard InChI is InChI=1S/C23H29N3O5/c1-16-8-4-5-10-18-11-6-9-17(2)22(18)23(28)31-19(14-20(16)30-15-29-3)12-7-13-21(27)25-26-24/h4-7,9,11,13,16,19-20H,8,10,12,14-15H2,1-3H3/b5-4+,13-7+/t16-,19-,20+/m0/s1. The van der Waals surface area contributed by atoms with Gasteiger partial charge in [-0.15, -0.1) is 0 Å². The van der Waals surface area contributed by atoms with Crippen molar-refractivity contribution in [3.8, 4) is 0 Å². The number of nitrogens with zero attached hydrogens (tertiary/aromatic N) is 3. The van der Waals surface area contributed by atoms with Crippen LogP contribution in [0.3, 0.4) is 0 Å². The number of rotatable bonds is 6. The first-order valence-electron chi connectivity index (χ1n) is 10.3. The van der Waals surface area contributed by atoms with Gasteiger partial charge in [-0.05, 0) is 53.5 Å². The maximum atomic E-state index is 13.1. The number of esters is 1. The van der Waals surface area contributed by atoms with Crippen LogP contribution >= 0.6 is 0 Å². The number of carbonyl (C=O) groups is 2. The molecular weight excluding hydrogens is 398 g/mol. The molecule has 0 bridgehead atoms. The van der Waals surface area contributed by atoms with Crippen molar-refractivity contribution in [1.29, 1.82) is 0 Å². The third-order valence-electron chi connectivity index (χ3n) is 5.18. The van der Waals surface area contributed by atoms with E-state index in [-0.39, 0.29) is 25.2 Å². The summed E-state index contributed by atoms with van der Waals surface area (Å²) in [5.41, 5.74) is 10.7. The van der Waals surface area contributed by atoms with E-state index in [2.05, 4.69) is 29.1 Å². The van der Waals surface area contributed by atoms with Crippen LogP contribution in [-0.2, 0) is 25.4 Å². The second kappa shape index (κ2) is 12.7. The zero-order chi connectivity index (χ0) is 22.6. The number of ether oxygens (including phenoxy) is 3. The molecule has 1 aromatic carbocycles. The number of methoxy groups -OCH3 is 1. The van der Waals surface area contributed by atoms with Gasteiger partial charge >= 0.3 is 5.97 Å². The minimum absolute atomic E-state index is 0.131. The molecule has 1 heterocycles. The SMILES string of the molecule is COCO[C@@H]1C[C@H](C/C=C/C(=O)N=[N+]=[N-])OC(=O)c2c(C)cccc2C/C=C/C[C@@H]1C. The van der Waals surface area contributed by atoms with Crippen LogP contribution in [-0.4, -0.2) is 38.0 Å². The van der Waals surface area contributed by atoms with Crippen LogP contribution in [0.2, 0.25) is 0 Å². The molecule has 1 aliphatic rings. The van der Waals surface area contributed by atoms with Gasteiger partial charge in [0.05, 0.1) is 11.7 Å². The first-order valence-corrected chi connectivity index (χ1v) is 10.3. The Labute approximate surface area is 182 Å². The Hall–Kier alpha value is -2.93. The van der Waals surface area contributed by atoms with Gasteiger partial charge in [0.1, 0.15) is 12.9 Å². The Kier molecular flexibility index (Phi) is 9.97. The molecule has 8 heteroatoms. The number of fused-ring (bicyclic) bond motifs is 1. The number of hydrogen-bond donors (Lipinski definition) is 0. The first kappa shape index (κ1) is 24.3. The van der Waals surface area contributed by atoms with Crippen molar-refractivity contribution in [2.75, 3.05) is 13.9 Å². The molecule has 0 N–H and O–H groups in total. The van der Waals surface area contributed by atoms with Crippen LogP contribution in [0, 0.1) is 12.8 Å². The molecule has 8 nitrogen and oxygen atoms in total. The van der Waals surface area contributed by atoms with Crippen molar-refractivity contribution in [3.63, 3.8) is 0 Å². The van der Waals surface area contributed by atoms with Crippen molar-refractivity contribution in [2.45, 2.75) is 51.7 Å². The number of benzene rings is 1. The Morgan fingerprint density at radius 2 is 2.19 bits per heavy atom. The summed E-state index contributed by atoms with van der Waals surface area (Å²) in [6.07, 6.45) is 8.34. The van der Waals surface area contributed by atoms with E-state index in [0.29, 0.717) is 18.4 Å². The van der Waals surface area contributed by atoms with Crippen molar-refractivity contribution >= 4 is 11.9 Å². The number of aryl methyl sites for hydroxylation is 1.